The number of carbonyl (C=O) groups is 3. The SMILES string of the molecule is CC(C)[C@@H](CC(=O)O)NC(=O)[C@H](NC(=O)OCC1c2ccccc2-c2ccccc21)C(C)(C)C. The van der Waals surface area contributed by atoms with Crippen molar-refractivity contribution in [1.29, 1.82) is 0 Å². The van der Waals surface area contributed by atoms with Crippen LogP contribution in [0.15, 0.2) is 48.5 Å². The number of carboxylic acid groups (broad SMARTS) is 1. The van der Waals surface area contributed by atoms with Crippen LogP contribution in [-0.4, -0.2) is 41.8 Å². The van der Waals surface area contributed by atoms with Crippen molar-refractivity contribution < 1.29 is 24.2 Å². The number of benzene rings is 2. The monoisotopic (exact) mass is 466 g/mol. The van der Waals surface area contributed by atoms with Gasteiger partial charge in [0.15, 0.2) is 0 Å². The lowest BCUT2D eigenvalue weighted by Gasteiger charge is -2.32. The summed E-state index contributed by atoms with van der Waals surface area (Å²) in [5.74, 6) is -1.58. The number of aliphatic carboxylic acids is 1. The molecule has 7 nitrogen and oxygen atoms in total. The fraction of sp³-hybridized carbons (Fsp3) is 0.444. The lowest BCUT2D eigenvalue weighted by atomic mass is 9.85. The molecule has 0 radical (unpaired) electrons. The number of carboxylic acids is 1. The van der Waals surface area contributed by atoms with Gasteiger partial charge in [-0.3, -0.25) is 9.59 Å². The highest BCUT2D eigenvalue weighted by atomic mass is 16.5. The molecule has 0 saturated carbocycles. The zero-order valence-corrected chi connectivity index (χ0v) is 20.4. The Kier molecular flexibility index (Phi) is 7.64. The van der Waals surface area contributed by atoms with Crippen molar-refractivity contribution in [2.45, 2.75) is 59.0 Å². The van der Waals surface area contributed by atoms with Crippen LogP contribution in [0, 0.1) is 11.3 Å². The van der Waals surface area contributed by atoms with Gasteiger partial charge < -0.3 is 20.5 Å². The standard InChI is InChI=1S/C27H34N2O5/c1-16(2)22(14-23(30)31)28-25(32)24(27(3,4)5)29-26(33)34-15-21-19-12-8-6-10-17(19)18-11-7-9-13-20(18)21/h6-13,16,21-22,24H,14-15H2,1-5H3,(H,28,32)(H,29,33)(H,30,31)/t22-,24+/m1/s1. The van der Waals surface area contributed by atoms with E-state index in [2.05, 4.69) is 22.8 Å². The number of amides is 2. The molecule has 2 aromatic carbocycles. The first-order chi connectivity index (χ1) is 16.0. The number of fused-ring (bicyclic) bond motifs is 3. The zero-order valence-electron chi connectivity index (χ0n) is 20.4. The van der Waals surface area contributed by atoms with E-state index in [0.29, 0.717) is 0 Å². The average Bonchev–Trinajstić information content (AvgIpc) is 3.08. The first-order valence-electron chi connectivity index (χ1n) is 11.6. The maximum atomic E-state index is 13.0. The van der Waals surface area contributed by atoms with Crippen LogP contribution in [-0.2, 0) is 14.3 Å². The Morgan fingerprint density at radius 2 is 1.47 bits per heavy atom. The van der Waals surface area contributed by atoms with E-state index in [1.54, 1.807) is 0 Å². The van der Waals surface area contributed by atoms with Crippen LogP contribution in [0.4, 0.5) is 4.79 Å². The van der Waals surface area contributed by atoms with Gasteiger partial charge in [0.05, 0.1) is 6.42 Å². The Labute approximate surface area is 200 Å². The summed E-state index contributed by atoms with van der Waals surface area (Å²) in [5, 5.41) is 14.7. The van der Waals surface area contributed by atoms with Crippen molar-refractivity contribution in [3.8, 4) is 11.1 Å². The van der Waals surface area contributed by atoms with E-state index < -0.39 is 35.5 Å². The Balaban J connectivity index is 1.69. The van der Waals surface area contributed by atoms with Crippen molar-refractivity contribution in [2.24, 2.45) is 11.3 Å². The quantitative estimate of drug-likeness (QED) is 0.529. The highest BCUT2D eigenvalue weighted by Gasteiger charge is 2.36. The lowest BCUT2D eigenvalue weighted by molar-refractivity contribution is -0.138. The number of ether oxygens (including phenoxy) is 1. The van der Waals surface area contributed by atoms with Crippen LogP contribution in [0.1, 0.15) is 58.1 Å². The van der Waals surface area contributed by atoms with Crippen molar-refractivity contribution in [3.05, 3.63) is 59.7 Å². The smallest absolute Gasteiger partial charge is 0.407 e. The van der Waals surface area contributed by atoms with E-state index in [-0.39, 0.29) is 24.9 Å². The van der Waals surface area contributed by atoms with Gasteiger partial charge in [0.1, 0.15) is 12.6 Å². The molecule has 1 aliphatic carbocycles. The summed E-state index contributed by atoms with van der Waals surface area (Å²) in [6, 6.07) is 14.7. The van der Waals surface area contributed by atoms with Gasteiger partial charge >= 0.3 is 12.1 Å². The van der Waals surface area contributed by atoms with E-state index in [1.807, 2.05) is 71.0 Å². The van der Waals surface area contributed by atoms with Crippen LogP contribution >= 0.6 is 0 Å². The second kappa shape index (κ2) is 10.3. The Bertz CT molecular complexity index is 1010. The molecule has 2 aromatic rings. The van der Waals surface area contributed by atoms with Gasteiger partial charge in [-0.1, -0.05) is 83.1 Å². The molecule has 0 heterocycles. The maximum absolute atomic E-state index is 13.0. The van der Waals surface area contributed by atoms with Crippen molar-refractivity contribution >= 4 is 18.0 Å². The van der Waals surface area contributed by atoms with Crippen molar-refractivity contribution in [2.75, 3.05) is 6.61 Å². The summed E-state index contributed by atoms with van der Waals surface area (Å²) in [5.41, 5.74) is 3.87. The fourth-order valence-corrected chi connectivity index (χ4v) is 4.34. The van der Waals surface area contributed by atoms with Crippen LogP contribution in [0.25, 0.3) is 11.1 Å². The molecule has 0 aliphatic heterocycles. The molecule has 0 unspecified atom stereocenters. The molecular weight excluding hydrogens is 432 g/mol. The van der Waals surface area contributed by atoms with E-state index in [1.165, 1.54) is 0 Å². The number of alkyl carbamates (subject to hydrolysis) is 1. The zero-order chi connectivity index (χ0) is 25.0. The van der Waals surface area contributed by atoms with Crippen LogP contribution < -0.4 is 10.6 Å². The molecule has 2 atom stereocenters. The third kappa shape index (κ3) is 5.76. The second-order valence-electron chi connectivity index (χ2n) is 10.2. The van der Waals surface area contributed by atoms with Crippen LogP contribution in [0.3, 0.4) is 0 Å². The van der Waals surface area contributed by atoms with Gasteiger partial charge in [0.25, 0.3) is 0 Å². The van der Waals surface area contributed by atoms with E-state index in [0.717, 1.165) is 22.3 Å². The second-order valence-corrected chi connectivity index (χ2v) is 10.2. The minimum absolute atomic E-state index is 0.0740. The summed E-state index contributed by atoms with van der Waals surface area (Å²) in [7, 11) is 0. The molecule has 1 aliphatic rings. The topological polar surface area (TPSA) is 105 Å². The van der Waals surface area contributed by atoms with E-state index >= 15 is 0 Å². The highest BCUT2D eigenvalue weighted by molar-refractivity contribution is 5.87. The molecule has 3 rings (SSSR count). The lowest BCUT2D eigenvalue weighted by Crippen LogP contribution is -2.56. The van der Waals surface area contributed by atoms with Crippen LogP contribution in [0.2, 0.25) is 0 Å². The van der Waals surface area contributed by atoms with Gasteiger partial charge in [0.2, 0.25) is 5.91 Å². The summed E-state index contributed by atoms with van der Waals surface area (Å²) in [6.45, 7) is 9.34. The van der Waals surface area contributed by atoms with Gasteiger partial charge in [0, 0.05) is 12.0 Å². The van der Waals surface area contributed by atoms with Crippen LogP contribution in [0.5, 0.6) is 0 Å². The normalized spacial score (nSPS) is 14.6. The molecule has 0 bridgehead atoms. The van der Waals surface area contributed by atoms with E-state index in [4.69, 9.17) is 9.84 Å². The predicted molar refractivity (Wildman–Crippen MR) is 130 cm³/mol. The largest absolute Gasteiger partial charge is 0.481 e. The maximum Gasteiger partial charge on any atom is 0.407 e. The molecular formula is C27H34N2O5. The Morgan fingerprint density at radius 1 is 0.941 bits per heavy atom. The van der Waals surface area contributed by atoms with Gasteiger partial charge in [-0.15, -0.1) is 0 Å². The van der Waals surface area contributed by atoms with Crippen molar-refractivity contribution in [1.82, 2.24) is 10.6 Å². The predicted octanol–water partition coefficient (Wildman–Crippen LogP) is 4.56. The first-order valence-corrected chi connectivity index (χ1v) is 11.6. The Hall–Kier alpha value is -3.35. The third-order valence-electron chi connectivity index (χ3n) is 6.26. The number of nitrogens with one attached hydrogen (secondary N) is 2. The first kappa shape index (κ1) is 25.3. The summed E-state index contributed by atoms with van der Waals surface area (Å²) in [4.78, 5) is 37.0. The Morgan fingerprint density at radius 3 is 1.94 bits per heavy atom. The molecule has 7 heteroatoms. The van der Waals surface area contributed by atoms with Gasteiger partial charge in [-0.05, 0) is 33.6 Å². The average molecular weight is 467 g/mol. The molecule has 182 valence electrons. The molecule has 0 fully saturated rings. The summed E-state index contributed by atoms with van der Waals surface area (Å²) in [6.07, 6.45) is -0.873. The number of hydrogen-bond donors (Lipinski definition) is 3. The molecule has 0 saturated heterocycles. The molecule has 0 spiro atoms. The minimum Gasteiger partial charge on any atom is -0.481 e. The van der Waals surface area contributed by atoms with Crippen molar-refractivity contribution in [3.63, 3.8) is 0 Å². The molecule has 2 amide bonds. The summed E-state index contributed by atoms with van der Waals surface area (Å²) >= 11 is 0. The summed E-state index contributed by atoms with van der Waals surface area (Å²) < 4.78 is 5.61. The molecule has 34 heavy (non-hydrogen) atoms. The van der Waals surface area contributed by atoms with E-state index in [9.17, 15) is 14.4 Å². The van der Waals surface area contributed by atoms with Gasteiger partial charge in [-0.25, -0.2) is 4.79 Å². The van der Waals surface area contributed by atoms with Gasteiger partial charge in [-0.2, -0.15) is 0 Å². The number of hydrogen-bond acceptors (Lipinski definition) is 4. The fourth-order valence-electron chi connectivity index (χ4n) is 4.34. The molecule has 3 N–H and O–H groups in total. The minimum atomic E-state index is -0.990. The number of rotatable bonds is 8. The molecule has 0 aromatic heterocycles. The highest BCUT2D eigenvalue weighted by Crippen LogP contribution is 2.44. The third-order valence-corrected chi connectivity index (χ3v) is 6.26. The number of carbonyl (C=O) groups excluding carboxylic acids is 2.